The van der Waals surface area contributed by atoms with Crippen LogP contribution < -0.4 is 10.2 Å². The van der Waals surface area contributed by atoms with E-state index in [-0.39, 0.29) is 0 Å². The van der Waals surface area contributed by atoms with Crippen LogP contribution in [0.15, 0.2) is 0 Å². The zero-order chi connectivity index (χ0) is 14.1. The summed E-state index contributed by atoms with van der Waals surface area (Å²) in [6.45, 7) is 7.46. The summed E-state index contributed by atoms with van der Waals surface area (Å²) in [5.41, 5.74) is 1.19. The number of ether oxygens (including phenoxy) is 1. The highest BCUT2D eigenvalue weighted by molar-refractivity contribution is 7.15. The third-order valence-corrected chi connectivity index (χ3v) is 5.69. The lowest BCUT2D eigenvalue weighted by Gasteiger charge is -2.36. The van der Waals surface area contributed by atoms with Crippen molar-refractivity contribution >= 4 is 16.5 Å². The fraction of sp³-hybridized carbons (Fsp3) is 0.800. The Morgan fingerprint density at radius 2 is 2.20 bits per heavy atom. The van der Waals surface area contributed by atoms with E-state index in [0.717, 1.165) is 25.7 Å². The van der Waals surface area contributed by atoms with Gasteiger partial charge in [-0.25, -0.2) is 4.98 Å². The highest BCUT2D eigenvalue weighted by Crippen LogP contribution is 2.31. The van der Waals surface area contributed by atoms with Crippen LogP contribution in [0, 0.1) is 12.8 Å². The molecule has 1 N–H and O–H groups in total. The number of hydrogen-bond donors (Lipinski definition) is 1. The molecule has 112 valence electrons. The molecule has 2 fully saturated rings. The number of aromatic nitrogens is 1. The highest BCUT2D eigenvalue weighted by atomic mass is 32.1. The third kappa shape index (κ3) is 3.15. The molecule has 0 aromatic carbocycles. The molecule has 2 atom stereocenters. The quantitative estimate of drug-likeness (QED) is 0.906. The van der Waals surface area contributed by atoms with Crippen molar-refractivity contribution in [1.29, 1.82) is 0 Å². The molecule has 0 radical (unpaired) electrons. The second-order valence-electron chi connectivity index (χ2n) is 6.15. The Bertz CT molecular complexity index is 458. The lowest BCUT2D eigenvalue weighted by molar-refractivity contribution is 0.0498. The molecular weight excluding hydrogens is 270 g/mol. The van der Waals surface area contributed by atoms with E-state index in [2.05, 4.69) is 24.1 Å². The van der Waals surface area contributed by atoms with Gasteiger partial charge in [-0.3, -0.25) is 0 Å². The van der Waals surface area contributed by atoms with Crippen LogP contribution in [0.5, 0.6) is 0 Å². The molecule has 1 aliphatic heterocycles. The minimum absolute atomic E-state index is 0.334. The van der Waals surface area contributed by atoms with Crippen molar-refractivity contribution in [2.75, 3.05) is 25.1 Å². The van der Waals surface area contributed by atoms with E-state index in [1.54, 1.807) is 0 Å². The Balaban J connectivity index is 1.65. The molecule has 20 heavy (non-hydrogen) atoms. The van der Waals surface area contributed by atoms with Crippen molar-refractivity contribution in [2.45, 2.75) is 51.8 Å². The number of anilines is 1. The third-order valence-electron chi connectivity index (χ3n) is 4.47. The Hall–Kier alpha value is -0.650. The van der Waals surface area contributed by atoms with Gasteiger partial charge in [-0.2, -0.15) is 0 Å². The van der Waals surface area contributed by atoms with Crippen LogP contribution in [0.1, 0.15) is 36.8 Å². The first kappa shape index (κ1) is 14.3. The van der Waals surface area contributed by atoms with Gasteiger partial charge < -0.3 is 15.0 Å². The molecular formula is C15H25N3OS. The summed E-state index contributed by atoms with van der Waals surface area (Å²) in [5.74, 6) is 0.647. The van der Waals surface area contributed by atoms with Gasteiger partial charge in [0.25, 0.3) is 0 Å². The van der Waals surface area contributed by atoms with Crippen molar-refractivity contribution in [1.82, 2.24) is 10.3 Å². The molecule has 1 saturated carbocycles. The summed E-state index contributed by atoms with van der Waals surface area (Å²) in [6, 6.07) is 0.758. The van der Waals surface area contributed by atoms with Crippen molar-refractivity contribution in [3.8, 4) is 0 Å². The number of methoxy groups -OCH3 is 1. The van der Waals surface area contributed by atoms with E-state index in [1.165, 1.54) is 35.0 Å². The average Bonchev–Trinajstić information content (AvgIpc) is 3.20. The Morgan fingerprint density at radius 3 is 2.90 bits per heavy atom. The molecule has 5 heteroatoms. The number of aryl methyl sites for hydroxylation is 1. The van der Waals surface area contributed by atoms with Crippen LogP contribution in [0.3, 0.4) is 0 Å². The average molecular weight is 295 g/mol. The number of nitrogens with one attached hydrogen (secondary N) is 1. The lowest BCUT2D eigenvalue weighted by atomic mass is 9.96. The number of thiazole rings is 1. The van der Waals surface area contributed by atoms with Crippen LogP contribution in [0.25, 0.3) is 0 Å². The number of nitrogens with zero attached hydrogens (tertiary/aromatic N) is 2. The predicted molar refractivity (Wildman–Crippen MR) is 83.5 cm³/mol. The van der Waals surface area contributed by atoms with Gasteiger partial charge >= 0.3 is 0 Å². The number of hydrogen-bond acceptors (Lipinski definition) is 5. The number of rotatable bonds is 5. The Labute approximate surface area is 125 Å². The molecule has 0 amide bonds. The normalized spacial score (nSPS) is 27.1. The maximum atomic E-state index is 5.60. The fourth-order valence-corrected chi connectivity index (χ4v) is 3.80. The molecule has 1 saturated heterocycles. The second-order valence-corrected chi connectivity index (χ2v) is 7.21. The molecule has 2 heterocycles. The maximum Gasteiger partial charge on any atom is 0.185 e. The summed E-state index contributed by atoms with van der Waals surface area (Å²) in [4.78, 5) is 8.56. The van der Waals surface area contributed by atoms with E-state index >= 15 is 0 Å². The summed E-state index contributed by atoms with van der Waals surface area (Å²) >= 11 is 1.85. The van der Waals surface area contributed by atoms with Gasteiger partial charge in [-0.1, -0.05) is 6.92 Å². The standard InChI is InChI=1S/C15H25N3OS/c1-10-6-7-18(9-13(10)19-3)15-17-11(2)14(20-15)8-16-12-4-5-12/h10,12-13,16H,4-9H2,1-3H3. The molecule has 1 aromatic heterocycles. The summed E-state index contributed by atoms with van der Waals surface area (Å²) < 4.78 is 5.60. The first-order chi connectivity index (χ1) is 9.67. The molecule has 0 spiro atoms. The van der Waals surface area contributed by atoms with Crippen LogP contribution in [0.2, 0.25) is 0 Å². The van der Waals surface area contributed by atoms with E-state index in [4.69, 9.17) is 9.72 Å². The zero-order valence-corrected chi connectivity index (χ0v) is 13.5. The lowest BCUT2D eigenvalue weighted by Crippen LogP contribution is -2.43. The smallest absolute Gasteiger partial charge is 0.185 e. The van der Waals surface area contributed by atoms with Gasteiger partial charge in [0.15, 0.2) is 5.13 Å². The molecule has 3 rings (SSSR count). The Kier molecular flexibility index (Phi) is 4.29. The van der Waals surface area contributed by atoms with Gasteiger partial charge in [0, 0.05) is 37.7 Å². The van der Waals surface area contributed by atoms with E-state index in [9.17, 15) is 0 Å². The fourth-order valence-electron chi connectivity index (χ4n) is 2.75. The van der Waals surface area contributed by atoms with Crippen LogP contribution in [-0.2, 0) is 11.3 Å². The Morgan fingerprint density at radius 1 is 1.40 bits per heavy atom. The molecule has 1 aromatic rings. The van der Waals surface area contributed by atoms with Gasteiger partial charge in [0.1, 0.15) is 0 Å². The van der Waals surface area contributed by atoms with E-state index in [1.807, 2.05) is 18.4 Å². The van der Waals surface area contributed by atoms with Crippen molar-refractivity contribution < 1.29 is 4.74 Å². The van der Waals surface area contributed by atoms with Crippen molar-refractivity contribution in [3.63, 3.8) is 0 Å². The molecule has 4 nitrogen and oxygen atoms in total. The minimum Gasteiger partial charge on any atom is -0.379 e. The molecule has 0 bridgehead atoms. The molecule has 2 unspecified atom stereocenters. The van der Waals surface area contributed by atoms with Crippen LogP contribution in [-0.4, -0.2) is 37.3 Å². The van der Waals surface area contributed by atoms with Crippen LogP contribution in [0.4, 0.5) is 5.13 Å². The van der Waals surface area contributed by atoms with E-state index in [0.29, 0.717) is 12.0 Å². The first-order valence-electron chi connectivity index (χ1n) is 7.64. The topological polar surface area (TPSA) is 37.4 Å². The van der Waals surface area contributed by atoms with Crippen LogP contribution >= 0.6 is 11.3 Å². The van der Waals surface area contributed by atoms with Gasteiger partial charge in [-0.05, 0) is 32.1 Å². The van der Waals surface area contributed by atoms with Gasteiger partial charge in [0.05, 0.1) is 11.8 Å². The van der Waals surface area contributed by atoms with Crippen molar-refractivity contribution in [2.24, 2.45) is 5.92 Å². The minimum atomic E-state index is 0.334. The maximum absolute atomic E-state index is 5.60. The largest absolute Gasteiger partial charge is 0.379 e. The highest BCUT2D eigenvalue weighted by Gasteiger charge is 2.28. The second kappa shape index (κ2) is 6.00. The summed E-state index contributed by atoms with van der Waals surface area (Å²) in [6.07, 6.45) is 4.20. The zero-order valence-electron chi connectivity index (χ0n) is 12.7. The SMILES string of the molecule is COC1CN(c2nc(C)c(CNC3CC3)s2)CCC1C. The van der Waals surface area contributed by atoms with Gasteiger partial charge in [-0.15, -0.1) is 11.3 Å². The van der Waals surface area contributed by atoms with E-state index < -0.39 is 0 Å². The summed E-state index contributed by atoms with van der Waals surface area (Å²) in [7, 11) is 1.82. The molecule has 2 aliphatic rings. The van der Waals surface area contributed by atoms with Gasteiger partial charge in [0.2, 0.25) is 0 Å². The monoisotopic (exact) mass is 295 g/mol. The number of piperidine rings is 1. The molecule has 1 aliphatic carbocycles. The summed E-state index contributed by atoms with van der Waals surface area (Å²) in [5, 5.41) is 4.75. The first-order valence-corrected chi connectivity index (χ1v) is 8.46. The predicted octanol–water partition coefficient (Wildman–Crippen LogP) is 2.56. The van der Waals surface area contributed by atoms with Crippen molar-refractivity contribution in [3.05, 3.63) is 10.6 Å².